The van der Waals surface area contributed by atoms with Gasteiger partial charge in [0.1, 0.15) is 6.04 Å². The van der Waals surface area contributed by atoms with E-state index in [1.807, 2.05) is 0 Å². The Kier molecular flexibility index (Phi) is 4.88. The third kappa shape index (κ3) is 3.08. The molecule has 1 N–H and O–H groups in total. The van der Waals surface area contributed by atoms with Crippen molar-refractivity contribution in [3.05, 3.63) is 27.1 Å². The van der Waals surface area contributed by atoms with E-state index in [9.17, 15) is 18.3 Å². The quantitative estimate of drug-likeness (QED) is 0.806. The molecule has 1 saturated heterocycles. The number of sulfonamides is 1. The first kappa shape index (κ1) is 15.9. The van der Waals surface area contributed by atoms with Crippen LogP contribution in [0.4, 0.5) is 0 Å². The minimum absolute atomic E-state index is 0.0834. The van der Waals surface area contributed by atoms with Crippen molar-refractivity contribution in [2.75, 3.05) is 6.54 Å². The van der Waals surface area contributed by atoms with Crippen molar-refractivity contribution in [3.63, 3.8) is 0 Å². The molecule has 1 aromatic carbocycles. The van der Waals surface area contributed by atoms with Gasteiger partial charge in [-0.2, -0.15) is 4.31 Å². The van der Waals surface area contributed by atoms with Gasteiger partial charge in [-0.3, -0.25) is 4.79 Å². The van der Waals surface area contributed by atoms with Crippen LogP contribution in [0.25, 0.3) is 0 Å². The fraction of sp³-hybridized carbons (Fsp3) is 0.417. The molecule has 0 amide bonds. The minimum atomic E-state index is -3.83. The van der Waals surface area contributed by atoms with Crippen LogP contribution in [0.2, 0.25) is 0 Å². The Hall–Kier alpha value is -0.440. The molecule has 1 aliphatic rings. The number of nitrogens with zero attached hydrogens (tertiary/aromatic N) is 1. The summed E-state index contributed by atoms with van der Waals surface area (Å²) in [5.41, 5.74) is 0. The van der Waals surface area contributed by atoms with Gasteiger partial charge in [-0.05, 0) is 53.4 Å². The molecule has 1 aromatic rings. The van der Waals surface area contributed by atoms with E-state index in [0.717, 1.165) is 10.7 Å². The lowest BCUT2D eigenvalue weighted by atomic mass is 10.1. The van der Waals surface area contributed by atoms with Gasteiger partial charge in [0, 0.05) is 15.5 Å². The molecule has 5 nitrogen and oxygen atoms in total. The first-order chi connectivity index (χ1) is 9.34. The molecule has 0 radical (unpaired) electrons. The highest BCUT2D eigenvalue weighted by molar-refractivity contribution is 9.11. The topological polar surface area (TPSA) is 74.7 Å². The maximum atomic E-state index is 12.7. The maximum absolute atomic E-state index is 12.7. The Morgan fingerprint density at radius 2 is 2.00 bits per heavy atom. The number of benzene rings is 1. The number of halogens is 2. The van der Waals surface area contributed by atoms with E-state index in [-0.39, 0.29) is 11.4 Å². The predicted molar refractivity (Wildman–Crippen MR) is 81.0 cm³/mol. The van der Waals surface area contributed by atoms with Crippen molar-refractivity contribution < 1.29 is 18.3 Å². The zero-order chi connectivity index (χ0) is 14.9. The molecule has 20 heavy (non-hydrogen) atoms. The Bertz CT molecular complexity index is 632. The van der Waals surface area contributed by atoms with Crippen LogP contribution >= 0.6 is 31.9 Å². The van der Waals surface area contributed by atoms with Crippen molar-refractivity contribution in [2.45, 2.75) is 30.2 Å². The number of carbonyl (C=O) groups is 1. The molecule has 8 heteroatoms. The lowest BCUT2D eigenvalue weighted by molar-refractivity contribution is -0.142. The zero-order valence-corrected chi connectivity index (χ0v) is 14.4. The van der Waals surface area contributed by atoms with Crippen LogP contribution in [0.3, 0.4) is 0 Å². The smallest absolute Gasteiger partial charge is 0.322 e. The van der Waals surface area contributed by atoms with Crippen LogP contribution in [0.15, 0.2) is 32.0 Å². The second-order valence-corrected chi connectivity index (χ2v) is 8.17. The fourth-order valence-corrected chi connectivity index (χ4v) is 5.36. The van der Waals surface area contributed by atoms with E-state index in [0.29, 0.717) is 21.8 Å². The van der Waals surface area contributed by atoms with Crippen molar-refractivity contribution >= 4 is 47.9 Å². The van der Waals surface area contributed by atoms with Crippen LogP contribution in [0, 0.1) is 0 Å². The Morgan fingerprint density at radius 1 is 1.30 bits per heavy atom. The third-order valence-corrected chi connectivity index (χ3v) is 6.61. The molecule has 0 spiro atoms. The molecular formula is C12H13Br2NO4S. The lowest BCUT2D eigenvalue weighted by Crippen LogP contribution is -2.47. The molecule has 1 atom stereocenters. The summed E-state index contributed by atoms with van der Waals surface area (Å²) in [6.07, 6.45) is 1.75. The first-order valence-electron chi connectivity index (χ1n) is 6.04. The summed E-state index contributed by atoms with van der Waals surface area (Å²) in [5.74, 6) is -1.10. The molecular weight excluding hydrogens is 414 g/mol. The van der Waals surface area contributed by atoms with Gasteiger partial charge in [-0.1, -0.05) is 15.9 Å². The fourth-order valence-electron chi connectivity index (χ4n) is 2.24. The van der Waals surface area contributed by atoms with Crippen molar-refractivity contribution in [1.82, 2.24) is 4.31 Å². The van der Waals surface area contributed by atoms with Gasteiger partial charge < -0.3 is 5.11 Å². The summed E-state index contributed by atoms with van der Waals surface area (Å²) in [5, 5.41) is 9.22. The maximum Gasteiger partial charge on any atom is 0.322 e. The molecule has 1 aliphatic heterocycles. The average Bonchev–Trinajstić information content (AvgIpc) is 2.41. The second-order valence-electron chi connectivity index (χ2n) is 4.54. The predicted octanol–water partition coefficient (Wildman–Crippen LogP) is 2.84. The van der Waals surface area contributed by atoms with E-state index in [1.54, 1.807) is 12.1 Å². The number of rotatable bonds is 3. The molecule has 1 unspecified atom stereocenters. The number of aliphatic carboxylic acids is 1. The molecule has 0 aromatic heterocycles. The van der Waals surface area contributed by atoms with Crippen LogP contribution < -0.4 is 0 Å². The summed E-state index contributed by atoms with van der Waals surface area (Å²) in [6.45, 7) is 0.234. The van der Waals surface area contributed by atoms with E-state index < -0.39 is 22.0 Å². The van der Waals surface area contributed by atoms with Crippen LogP contribution in [-0.4, -0.2) is 36.4 Å². The molecule has 0 bridgehead atoms. The molecule has 1 heterocycles. The summed E-state index contributed by atoms with van der Waals surface area (Å²) in [6, 6.07) is 3.83. The molecule has 2 rings (SSSR count). The summed E-state index contributed by atoms with van der Waals surface area (Å²) in [4.78, 5) is 11.4. The minimum Gasteiger partial charge on any atom is -0.480 e. The highest BCUT2D eigenvalue weighted by Crippen LogP contribution is 2.31. The Morgan fingerprint density at radius 3 is 2.65 bits per heavy atom. The average molecular weight is 427 g/mol. The van der Waals surface area contributed by atoms with E-state index in [1.165, 1.54) is 6.07 Å². The SMILES string of the molecule is O=C(O)C1CCCCN1S(=O)(=O)c1cc(Br)ccc1Br. The normalized spacial score (nSPS) is 20.8. The number of carboxylic acids is 1. The Labute approximate surface area is 134 Å². The Balaban J connectivity index is 2.47. The summed E-state index contributed by atoms with van der Waals surface area (Å²) in [7, 11) is -3.83. The van der Waals surface area contributed by atoms with Gasteiger partial charge in [0.2, 0.25) is 10.0 Å². The van der Waals surface area contributed by atoms with E-state index in [4.69, 9.17) is 0 Å². The molecule has 0 saturated carbocycles. The van der Waals surface area contributed by atoms with Gasteiger partial charge in [-0.25, -0.2) is 8.42 Å². The van der Waals surface area contributed by atoms with E-state index >= 15 is 0 Å². The van der Waals surface area contributed by atoms with Crippen molar-refractivity contribution in [3.8, 4) is 0 Å². The van der Waals surface area contributed by atoms with Gasteiger partial charge >= 0.3 is 5.97 Å². The molecule has 0 aliphatic carbocycles. The third-order valence-electron chi connectivity index (χ3n) is 3.22. The van der Waals surface area contributed by atoms with Crippen molar-refractivity contribution in [2.24, 2.45) is 0 Å². The summed E-state index contributed by atoms with van der Waals surface area (Å²) >= 11 is 6.45. The molecule has 110 valence electrons. The first-order valence-corrected chi connectivity index (χ1v) is 9.06. The van der Waals surface area contributed by atoms with Gasteiger partial charge in [0.15, 0.2) is 0 Å². The largest absolute Gasteiger partial charge is 0.480 e. The van der Waals surface area contributed by atoms with Gasteiger partial charge in [0.25, 0.3) is 0 Å². The number of piperidine rings is 1. The second kappa shape index (κ2) is 6.13. The van der Waals surface area contributed by atoms with Gasteiger partial charge in [-0.15, -0.1) is 0 Å². The zero-order valence-electron chi connectivity index (χ0n) is 10.4. The lowest BCUT2D eigenvalue weighted by Gasteiger charge is -2.32. The van der Waals surface area contributed by atoms with Gasteiger partial charge in [0.05, 0.1) is 4.90 Å². The molecule has 1 fully saturated rings. The number of hydrogen-bond acceptors (Lipinski definition) is 3. The number of carboxylic acid groups (broad SMARTS) is 1. The van der Waals surface area contributed by atoms with E-state index in [2.05, 4.69) is 31.9 Å². The van der Waals surface area contributed by atoms with Crippen LogP contribution in [-0.2, 0) is 14.8 Å². The standard InChI is InChI=1S/C12H13Br2NO4S/c13-8-4-5-9(14)11(7-8)20(18,19)15-6-2-1-3-10(15)12(16)17/h4-5,7,10H,1-3,6H2,(H,16,17). The van der Waals surface area contributed by atoms with Crippen LogP contribution in [0.1, 0.15) is 19.3 Å². The van der Waals surface area contributed by atoms with Crippen molar-refractivity contribution in [1.29, 1.82) is 0 Å². The summed E-state index contributed by atoms with van der Waals surface area (Å²) < 4.78 is 27.5. The number of hydrogen-bond donors (Lipinski definition) is 1. The van der Waals surface area contributed by atoms with Crippen LogP contribution in [0.5, 0.6) is 0 Å². The highest BCUT2D eigenvalue weighted by Gasteiger charge is 2.38. The highest BCUT2D eigenvalue weighted by atomic mass is 79.9. The monoisotopic (exact) mass is 425 g/mol.